The molecule has 11 heavy (non-hydrogen) atoms. The van der Waals surface area contributed by atoms with Crippen LogP contribution in [0, 0.1) is 0 Å². The van der Waals surface area contributed by atoms with E-state index >= 15 is 0 Å². The molecule has 66 valence electrons. The van der Waals surface area contributed by atoms with Crippen LogP contribution in [0.5, 0.6) is 0 Å². The van der Waals surface area contributed by atoms with Gasteiger partial charge in [0.25, 0.3) is 0 Å². The van der Waals surface area contributed by atoms with Crippen molar-refractivity contribution in [3.8, 4) is 0 Å². The van der Waals surface area contributed by atoms with Gasteiger partial charge < -0.3 is 5.11 Å². The minimum atomic E-state index is -1.03. The van der Waals surface area contributed by atoms with E-state index in [2.05, 4.69) is 17.8 Å². The van der Waals surface area contributed by atoms with Crippen LogP contribution < -0.4 is 10.9 Å². The number of rotatable bonds is 5. The Kier molecular flexibility index (Phi) is 5.56. The monoisotopic (exact) mass is 160 g/mol. The predicted octanol–water partition coefficient (Wildman–Crippen LogP) is 1.34. The van der Waals surface area contributed by atoms with Gasteiger partial charge in [0.05, 0.1) is 0 Å². The summed E-state index contributed by atoms with van der Waals surface area (Å²) in [4.78, 5) is 10.0. The molecule has 0 spiro atoms. The van der Waals surface area contributed by atoms with Gasteiger partial charge in [0.1, 0.15) is 0 Å². The average molecular weight is 160 g/mol. The maximum atomic E-state index is 10.0. The lowest BCUT2D eigenvalue weighted by molar-refractivity contribution is 0.186. The standard InChI is InChI=1S/C7H16N2O2/c1-3-4-5-6(2)8-9-7(10)11/h6,8-9H,3-5H2,1-2H3,(H,10,11). The van der Waals surface area contributed by atoms with E-state index in [1.54, 1.807) is 0 Å². The third-order valence-corrected chi connectivity index (χ3v) is 1.42. The summed E-state index contributed by atoms with van der Waals surface area (Å²) in [6.45, 7) is 4.06. The molecule has 0 fully saturated rings. The first-order chi connectivity index (χ1) is 5.16. The third-order valence-electron chi connectivity index (χ3n) is 1.42. The van der Waals surface area contributed by atoms with E-state index in [0.717, 1.165) is 19.3 Å². The molecular formula is C7H16N2O2. The van der Waals surface area contributed by atoms with Crippen molar-refractivity contribution >= 4 is 6.09 Å². The van der Waals surface area contributed by atoms with Crippen LogP contribution in [0.4, 0.5) is 4.79 Å². The van der Waals surface area contributed by atoms with Gasteiger partial charge in [0, 0.05) is 6.04 Å². The van der Waals surface area contributed by atoms with Crippen LogP contribution in [0.3, 0.4) is 0 Å². The fraction of sp³-hybridized carbons (Fsp3) is 0.857. The predicted molar refractivity (Wildman–Crippen MR) is 43.3 cm³/mol. The van der Waals surface area contributed by atoms with Crippen LogP contribution >= 0.6 is 0 Å². The largest absolute Gasteiger partial charge is 0.464 e. The number of unbranched alkanes of at least 4 members (excludes halogenated alkanes) is 1. The lowest BCUT2D eigenvalue weighted by Gasteiger charge is -2.11. The van der Waals surface area contributed by atoms with Crippen molar-refractivity contribution in [2.75, 3.05) is 0 Å². The maximum Gasteiger partial charge on any atom is 0.419 e. The molecule has 0 aromatic heterocycles. The van der Waals surface area contributed by atoms with Crippen LogP contribution in [-0.2, 0) is 0 Å². The molecule has 4 heteroatoms. The molecular weight excluding hydrogens is 144 g/mol. The van der Waals surface area contributed by atoms with Gasteiger partial charge in [-0.2, -0.15) is 0 Å². The molecule has 0 rings (SSSR count). The van der Waals surface area contributed by atoms with Gasteiger partial charge in [0.2, 0.25) is 0 Å². The van der Waals surface area contributed by atoms with Gasteiger partial charge >= 0.3 is 6.09 Å². The Labute approximate surface area is 67.0 Å². The molecule has 1 unspecified atom stereocenters. The highest BCUT2D eigenvalue weighted by Gasteiger charge is 2.00. The number of carbonyl (C=O) groups is 1. The Morgan fingerprint density at radius 3 is 2.73 bits per heavy atom. The molecule has 1 amide bonds. The van der Waals surface area contributed by atoms with Crippen molar-refractivity contribution in [2.45, 2.75) is 39.2 Å². The SMILES string of the molecule is CCCCC(C)NNC(=O)O. The molecule has 3 N–H and O–H groups in total. The highest BCUT2D eigenvalue weighted by Crippen LogP contribution is 1.97. The molecule has 0 aliphatic heterocycles. The zero-order chi connectivity index (χ0) is 8.69. The molecule has 0 aromatic rings. The van der Waals surface area contributed by atoms with E-state index in [4.69, 9.17) is 5.11 Å². The Hall–Kier alpha value is -0.770. The van der Waals surface area contributed by atoms with Crippen molar-refractivity contribution in [2.24, 2.45) is 0 Å². The van der Waals surface area contributed by atoms with Gasteiger partial charge in [-0.3, -0.25) is 5.43 Å². The second kappa shape index (κ2) is 5.97. The van der Waals surface area contributed by atoms with Crippen LogP contribution in [-0.4, -0.2) is 17.2 Å². The fourth-order valence-electron chi connectivity index (χ4n) is 0.767. The van der Waals surface area contributed by atoms with Crippen molar-refractivity contribution in [1.82, 2.24) is 10.9 Å². The molecule has 0 bridgehead atoms. The summed E-state index contributed by atoms with van der Waals surface area (Å²) in [7, 11) is 0. The van der Waals surface area contributed by atoms with Gasteiger partial charge in [0.15, 0.2) is 0 Å². The minimum Gasteiger partial charge on any atom is -0.464 e. The molecule has 4 nitrogen and oxygen atoms in total. The quantitative estimate of drug-likeness (QED) is 0.532. The summed E-state index contributed by atoms with van der Waals surface area (Å²) in [6.07, 6.45) is 2.22. The lowest BCUT2D eigenvalue weighted by atomic mass is 10.1. The lowest BCUT2D eigenvalue weighted by Crippen LogP contribution is -2.42. The van der Waals surface area contributed by atoms with Gasteiger partial charge in [-0.05, 0) is 13.3 Å². The zero-order valence-electron chi connectivity index (χ0n) is 7.05. The summed E-state index contributed by atoms with van der Waals surface area (Å²) < 4.78 is 0. The van der Waals surface area contributed by atoms with Crippen molar-refractivity contribution in [1.29, 1.82) is 0 Å². The highest BCUT2D eigenvalue weighted by atomic mass is 16.4. The van der Waals surface area contributed by atoms with Crippen LogP contribution in [0.2, 0.25) is 0 Å². The van der Waals surface area contributed by atoms with Crippen molar-refractivity contribution < 1.29 is 9.90 Å². The molecule has 0 aromatic carbocycles. The summed E-state index contributed by atoms with van der Waals surface area (Å²) >= 11 is 0. The molecule has 0 aliphatic carbocycles. The first-order valence-electron chi connectivity index (χ1n) is 3.91. The van der Waals surface area contributed by atoms with E-state index in [9.17, 15) is 4.79 Å². The zero-order valence-corrected chi connectivity index (χ0v) is 7.05. The molecule has 0 saturated heterocycles. The number of hydrazine groups is 1. The molecule has 0 radical (unpaired) electrons. The Morgan fingerprint density at radius 1 is 1.64 bits per heavy atom. The maximum absolute atomic E-state index is 10.0. The Bertz CT molecular complexity index is 117. The number of hydrogen-bond donors (Lipinski definition) is 3. The van der Waals surface area contributed by atoms with Crippen molar-refractivity contribution in [3.63, 3.8) is 0 Å². The minimum absolute atomic E-state index is 0.214. The van der Waals surface area contributed by atoms with Gasteiger partial charge in [-0.1, -0.05) is 19.8 Å². The summed E-state index contributed by atoms with van der Waals surface area (Å²) in [5.41, 5.74) is 4.79. The van der Waals surface area contributed by atoms with Gasteiger partial charge in [-0.25, -0.2) is 10.2 Å². The Balaban J connectivity index is 3.22. The van der Waals surface area contributed by atoms with E-state index in [1.165, 1.54) is 0 Å². The normalized spacial score (nSPS) is 12.5. The van der Waals surface area contributed by atoms with Crippen LogP contribution in [0.1, 0.15) is 33.1 Å². The second-order valence-electron chi connectivity index (χ2n) is 2.62. The van der Waals surface area contributed by atoms with E-state index in [-0.39, 0.29) is 6.04 Å². The van der Waals surface area contributed by atoms with Crippen molar-refractivity contribution in [3.05, 3.63) is 0 Å². The molecule has 0 saturated carbocycles. The molecule has 1 atom stereocenters. The number of hydrogen-bond acceptors (Lipinski definition) is 2. The van der Waals surface area contributed by atoms with Gasteiger partial charge in [-0.15, -0.1) is 0 Å². The smallest absolute Gasteiger partial charge is 0.419 e. The summed E-state index contributed by atoms with van der Waals surface area (Å²) in [5.74, 6) is 0. The third kappa shape index (κ3) is 7.12. The first kappa shape index (κ1) is 10.2. The number of carboxylic acid groups (broad SMARTS) is 1. The summed E-state index contributed by atoms with van der Waals surface area (Å²) in [6, 6.07) is 0.214. The highest BCUT2D eigenvalue weighted by molar-refractivity contribution is 5.63. The number of amides is 1. The molecule has 0 heterocycles. The number of nitrogens with one attached hydrogen (secondary N) is 2. The first-order valence-corrected chi connectivity index (χ1v) is 3.91. The average Bonchev–Trinajstić information content (AvgIpc) is 1.97. The van der Waals surface area contributed by atoms with E-state index in [1.807, 2.05) is 6.92 Å². The Morgan fingerprint density at radius 2 is 2.27 bits per heavy atom. The second-order valence-corrected chi connectivity index (χ2v) is 2.62. The topological polar surface area (TPSA) is 61.4 Å². The fourth-order valence-corrected chi connectivity index (χ4v) is 0.767. The summed E-state index contributed by atoms with van der Waals surface area (Å²) in [5, 5.41) is 8.21. The van der Waals surface area contributed by atoms with Crippen LogP contribution in [0.25, 0.3) is 0 Å². The van der Waals surface area contributed by atoms with E-state index < -0.39 is 6.09 Å². The van der Waals surface area contributed by atoms with Crippen LogP contribution in [0.15, 0.2) is 0 Å². The van der Waals surface area contributed by atoms with E-state index in [0.29, 0.717) is 0 Å². The molecule has 0 aliphatic rings.